The standard InChI is InChI=1S/C23H28N4O/c1-4-22(28)25-19-11-8-12-20(15-19)26-23-17(3)13-16(2)14-21(27-23)24-18-9-6-5-7-10-18/h5-12,15-16,26H,4,13-14H2,1-3H3,(H,24,27)(H,25,28). The molecule has 0 aliphatic carbocycles. The lowest BCUT2D eigenvalue weighted by Gasteiger charge is -2.13. The number of carbonyl (C=O) groups excluding carboxylic acids is 1. The summed E-state index contributed by atoms with van der Waals surface area (Å²) in [5.41, 5.74) is 3.95. The Morgan fingerprint density at radius 3 is 2.46 bits per heavy atom. The second-order valence-corrected chi connectivity index (χ2v) is 7.30. The molecule has 0 bridgehead atoms. The van der Waals surface area contributed by atoms with Crippen LogP contribution in [0.3, 0.4) is 0 Å². The van der Waals surface area contributed by atoms with Crippen molar-refractivity contribution in [3.63, 3.8) is 0 Å². The van der Waals surface area contributed by atoms with Crippen LogP contribution in [0, 0.1) is 5.92 Å². The van der Waals surface area contributed by atoms with Gasteiger partial charge in [0.05, 0.1) is 0 Å². The highest BCUT2D eigenvalue weighted by atomic mass is 16.1. The SMILES string of the molecule is CCC(=O)Nc1cccc(NC2=C(C)CC(C)CC(Nc3ccccc3)=N2)c1. The van der Waals surface area contributed by atoms with Crippen LogP contribution < -0.4 is 16.0 Å². The minimum atomic E-state index is 0.00297. The summed E-state index contributed by atoms with van der Waals surface area (Å²) in [4.78, 5) is 16.6. The van der Waals surface area contributed by atoms with Crippen LogP contribution in [-0.4, -0.2) is 11.7 Å². The van der Waals surface area contributed by atoms with Gasteiger partial charge in [-0.05, 0) is 55.2 Å². The van der Waals surface area contributed by atoms with Gasteiger partial charge in [0, 0.05) is 29.9 Å². The van der Waals surface area contributed by atoms with Crippen LogP contribution in [0.4, 0.5) is 17.1 Å². The Bertz CT molecular complexity index is 886. The van der Waals surface area contributed by atoms with Crippen LogP contribution in [0.1, 0.15) is 40.0 Å². The molecule has 2 aromatic rings. The second-order valence-electron chi connectivity index (χ2n) is 7.30. The number of para-hydroxylation sites is 1. The van der Waals surface area contributed by atoms with Crippen LogP contribution in [0.2, 0.25) is 0 Å². The number of carbonyl (C=O) groups is 1. The van der Waals surface area contributed by atoms with Crippen molar-refractivity contribution >= 4 is 28.8 Å². The maximum atomic E-state index is 11.7. The molecule has 1 atom stereocenters. The van der Waals surface area contributed by atoms with Crippen LogP contribution in [-0.2, 0) is 4.79 Å². The third-order valence-electron chi connectivity index (χ3n) is 4.64. The van der Waals surface area contributed by atoms with Gasteiger partial charge in [0.2, 0.25) is 5.91 Å². The maximum absolute atomic E-state index is 11.7. The normalized spacial score (nSPS) is 16.8. The molecule has 1 aliphatic heterocycles. The fourth-order valence-corrected chi connectivity index (χ4v) is 3.26. The van der Waals surface area contributed by atoms with Crippen LogP contribution in [0.5, 0.6) is 0 Å². The number of hydrogen-bond acceptors (Lipinski definition) is 4. The smallest absolute Gasteiger partial charge is 0.224 e. The van der Waals surface area contributed by atoms with Crippen molar-refractivity contribution in [3.8, 4) is 0 Å². The molecule has 3 rings (SSSR count). The summed E-state index contributed by atoms with van der Waals surface area (Å²) in [6.07, 6.45) is 2.33. The van der Waals surface area contributed by atoms with Gasteiger partial charge in [-0.1, -0.05) is 38.1 Å². The summed E-state index contributed by atoms with van der Waals surface area (Å²) < 4.78 is 0. The van der Waals surface area contributed by atoms with Crippen molar-refractivity contribution < 1.29 is 4.79 Å². The predicted molar refractivity (Wildman–Crippen MR) is 118 cm³/mol. The fourth-order valence-electron chi connectivity index (χ4n) is 3.26. The van der Waals surface area contributed by atoms with E-state index in [1.54, 1.807) is 0 Å². The molecule has 0 saturated heterocycles. The summed E-state index contributed by atoms with van der Waals surface area (Å²) in [6.45, 7) is 6.21. The molecule has 0 saturated carbocycles. The summed E-state index contributed by atoms with van der Waals surface area (Å²) in [6, 6.07) is 17.8. The van der Waals surface area contributed by atoms with E-state index in [1.165, 1.54) is 5.57 Å². The zero-order valence-electron chi connectivity index (χ0n) is 16.8. The van der Waals surface area contributed by atoms with E-state index in [-0.39, 0.29) is 5.91 Å². The maximum Gasteiger partial charge on any atom is 0.224 e. The molecule has 2 aromatic carbocycles. The van der Waals surface area contributed by atoms with Crippen molar-refractivity contribution in [2.45, 2.75) is 40.0 Å². The van der Waals surface area contributed by atoms with Crippen molar-refractivity contribution in [1.82, 2.24) is 0 Å². The van der Waals surface area contributed by atoms with Crippen molar-refractivity contribution in [3.05, 3.63) is 66.0 Å². The van der Waals surface area contributed by atoms with E-state index in [0.717, 1.165) is 41.6 Å². The van der Waals surface area contributed by atoms with E-state index < -0.39 is 0 Å². The number of allylic oxidation sites excluding steroid dienone is 1. The minimum absolute atomic E-state index is 0.00297. The molecule has 146 valence electrons. The number of amidine groups is 1. The third-order valence-corrected chi connectivity index (χ3v) is 4.64. The van der Waals surface area contributed by atoms with E-state index >= 15 is 0 Å². The zero-order chi connectivity index (χ0) is 19.9. The first kappa shape index (κ1) is 19.7. The molecule has 28 heavy (non-hydrogen) atoms. The topological polar surface area (TPSA) is 65.5 Å². The molecule has 0 fully saturated rings. The summed E-state index contributed by atoms with van der Waals surface area (Å²) in [7, 11) is 0. The third kappa shape index (κ3) is 5.46. The van der Waals surface area contributed by atoms with E-state index in [4.69, 9.17) is 4.99 Å². The highest BCUT2D eigenvalue weighted by molar-refractivity contribution is 5.96. The van der Waals surface area contributed by atoms with Crippen LogP contribution in [0.25, 0.3) is 0 Å². The first-order valence-corrected chi connectivity index (χ1v) is 9.80. The van der Waals surface area contributed by atoms with Crippen molar-refractivity contribution in [2.75, 3.05) is 16.0 Å². The Morgan fingerprint density at radius 2 is 1.71 bits per heavy atom. The lowest BCUT2D eigenvalue weighted by molar-refractivity contribution is -0.115. The van der Waals surface area contributed by atoms with Gasteiger partial charge in [-0.25, -0.2) is 4.99 Å². The number of benzene rings is 2. The van der Waals surface area contributed by atoms with Gasteiger partial charge in [0.25, 0.3) is 0 Å². The van der Waals surface area contributed by atoms with Gasteiger partial charge in [0.1, 0.15) is 11.7 Å². The van der Waals surface area contributed by atoms with Gasteiger partial charge in [-0.3, -0.25) is 4.79 Å². The van der Waals surface area contributed by atoms with E-state index in [1.807, 2.05) is 61.5 Å². The highest BCUT2D eigenvalue weighted by Gasteiger charge is 2.16. The molecule has 1 unspecified atom stereocenters. The van der Waals surface area contributed by atoms with Crippen molar-refractivity contribution in [2.24, 2.45) is 10.9 Å². The van der Waals surface area contributed by atoms with Gasteiger partial charge < -0.3 is 16.0 Å². The monoisotopic (exact) mass is 376 g/mol. The number of anilines is 3. The number of hydrogen-bond donors (Lipinski definition) is 3. The average molecular weight is 377 g/mol. The summed E-state index contributed by atoms with van der Waals surface area (Å²) >= 11 is 0. The quantitative estimate of drug-likeness (QED) is 0.634. The van der Waals surface area contributed by atoms with Gasteiger partial charge in [-0.15, -0.1) is 0 Å². The lowest BCUT2D eigenvalue weighted by Crippen LogP contribution is -2.15. The van der Waals surface area contributed by atoms with E-state index in [2.05, 4.69) is 29.8 Å². The van der Waals surface area contributed by atoms with E-state index in [0.29, 0.717) is 12.3 Å². The summed E-state index contributed by atoms with van der Waals surface area (Å²) in [5, 5.41) is 9.79. The molecule has 0 radical (unpaired) electrons. The Labute approximate surface area is 167 Å². The Balaban J connectivity index is 1.82. The molecule has 3 N–H and O–H groups in total. The predicted octanol–water partition coefficient (Wildman–Crippen LogP) is 5.62. The Hall–Kier alpha value is -3.08. The van der Waals surface area contributed by atoms with Gasteiger partial charge in [-0.2, -0.15) is 0 Å². The summed E-state index contributed by atoms with van der Waals surface area (Å²) in [5.74, 6) is 2.32. The number of nitrogens with one attached hydrogen (secondary N) is 3. The van der Waals surface area contributed by atoms with Crippen molar-refractivity contribution in [1.29, 1.82) is 0 Å². The molecule has 5 heteroatoms. The highest BCUT2D eigenvalue weighted by Crippen LogP contribution is 2.26. The number of aliphatic imine (C=N–C) groups is 1. The molecule has 1 heterocycles. The van der Waals surface area contributed by atoms with Crippen LogP contribution in [0.15, 0.2) is 71.0 Å². The number of nitrogens with zero attached hydrogens (tertiary/aromatic N) is 1. The van der Waals surface area contributed by atoms with Gasteiger partial charge >= 0.3 is 0 Å². The molecular weight excluding hydrogens is 348 g/mol. The van der Waals surface area contributed by atoms with E-state index in [9.17, 15) is 4.79 Å². The Morgan fingerprint density at radius 1 is 1.00 bits per heavy atom. The first-order chi connectivity index (χ1) is 13.5. The fraction of sp³-hybridized carbons (Fsp3) is 0.304. The average Bonchev–Trinajstić information content (AvgIpc) is 2.80. The first-order valence-electron chi connectivity index (χ1n) is 9.80. The molecular formula is C23H28N4O. The zero-order valence-corrected chi connectivity index (χ0v) is 16.8. The number of amides is 1. The second kappa shape index (κ2) is 9.22. The molecule has 0 spiro atoms. The number of rotatable bonds is 5. The molecule has 5 nitrogen and oxygen atoms in total. The largest absolute Gasteiger partial charge is 0.344 e. The van der Waals surface area contributed by atoms with Gasteiger partial charge in [0.15, 0.2) is 0 Å². The molecule has 1 aliphatic rings. The minimum Gasteiger partial charge on any atom is -0.344 e. The molecule has 0 aromatic heterocycles. The van der Waals surface area contributed by atoms with Crippen LogP contribution >= 0.6 is 0 Å². The molecule has 1 amide bonds. The lowest BCUT2D eigenvalue weighted by atomic mass is 9.99. The Kier molecular flexibility index (Phi) is 6.48.